The molecule has 2 N–H and O–H groups in total. The number of nitrogens with one attached hydrogen (secondary N) is 2. The average molecular weight is 419 g/mol. The minimum Gasteiger partial charge on any atom is -0.351 e. The summed E-state index contributed by atoms with van der Waals surface area (Å²) < 4.78 is 0. The average Bonchev–Trinajstić information content (AvgIpc) is 3.47. The van der Waals surface area contributed by atoms with Gasteiger partial charge in [-0.15, -0.1) is 0 Å². The molecule has 1 aromatic heterocycles. The van der Waals surface area contributed by atoms with Gasteiger partial charge in [0.2, 0.25) is 0 Å². The van der Waals surface area contributed by atoms with E-state index in [0.717, 1.165) is 45.8 Å². The highest BCUT2D eigenvalue weighted by Crippen LogP contribution is 2.30. The molecule has 0 radical (unpaired) electrons. The monoisotopic (exact) mass is 419 g/mol. The van der Waals surface area contributed by atoms with Gasteiger partial charge >= 0.3 is 0 Å². The summed E-state index contributed by atoms with van der Waals surface area (Å²) in [7, 11) is 0. The minimum absolute atomic E-state index is 0.206. The van der Waals surface area contributed by atoms with Crippen molar-refractivity contribution in [2.75, 3.05) is 18.0 Å². The third kappa shape index (κ3) is 3.08. The number of carbonyl (C=O) groups excluding carboxylic acids is 1. The predicted molar refractivity (Wildman–Crippen MR) is 128 cm³/mol. The van der Waals surface area contributed by atoms with E-state index in [2.05, 4.69) is 27.3 Å². The molecule has 32 heavy (non-hydrogen) atoms. The Kier molecular flexibility index (Phi) is 4.35. The summed E-state index contributed by atoms with van der Waals surface area (Å²) in [5.41, 5.74) is 5.39. The lowest BCUT2D eigenvalue weighted by molar-refractivity contribution is 0.0944. The third-order valence-corrected chi connectivity index (χ3v) is 5.92. The van der Waals surface area contributed by atoms with Crippen molar-refractivity contribution in [1.82, 2.24) is 10.3 Å². The van der Waals surface area contributed by atoms with E-state index in [1.807, 2.05) is 72.8 Å². The van der Waals surface area contributed by atoms with Gasteiger partial charge in [-0.1, -0.05) is 66.7 Å². The quantitative estimate of drug-likeness (QED) is 0.527. The van der Waals surface area contributed by atoms with Crippen LogP contribution in [0.25, 0.3) is 10.9 Å². The molecule has 2 aliphatic rings. The van der Waals surface area contributed by atoms with Gasteiger partial charge in [0, 0.05) is 28.6 Å². The molecule has 0 saturated carbocycles. The summed E-state index contributed by atoms with van der Waals surface area (Å²) in [4.78, 5) is 28.4. The number of hydrogen-bond donors (Lipinski definition) is 2. The molecule has 0 unspecified atom stereocenters. The lowest BCUT2D eigenvalue weighted by Crippen LogP contribution is -2.45. The zero-order valence-corrected chi connectivity index (χ0v) is 17.3. The van der Waals surface area contributed by atoms with E-state index in [1.165, 1.54) is 0 Å². The van der Waals surface area contributed by atoms with E-state index in [1.54, 1.807) is 0 Å². The summed E-state index contributed by atoms with van der Waals surface area (Å²) >= 11 is 0. The van der Waals surface area contributed by atoms with Crippen molar-refractivity contribution in [2.24, 2.45) is 9.98 Å². The van der Waals surface area contributed by atoms with Crippen LogP contribution in [0.4, 0.5) is 5.69 Å². The number of aromatic nitrogens is 1. The smallest absolute Gasteiger partial charge is 0.269 e. The SMILES string of the molecule is O=C(N[C@H]1N=C(c2ccccc2)c2ccccc2N2CCN=C12)c1cc2ccccc2[nH]1. The molecule has 0 fully saturated rings. The number of fused-ring (bicyclic) bond motifs is 4. The number of aliphatic imine (C=N–C) groups is 2. The Balaban J connectivity index is 1.44. The second-order valence-corrected chi connectivity index (χ2v) is 7.90. The molecule has 1 atom stereocenters. The molecule has 6 rings (SSSR count). The maximum atomic E-state index is 13.2. The molecule has 0 spiro atoms. The van der Waals surface area contributed by atoms with Crippen LogP contribution in [0.3, 0.4) is 0 Å². The number of aromatic amines is 1. The number of rotatable bonds is 3. The van der Waals surface area contributed by atoms with E-state index in [0.29, 0.717) is 12.2 Å². The van der Waals surface area contributed by atoms with Crippen LogP contribution in [0.2, 0.25) is 0 Å². The summed E-state index contributed by atoms with van der Waals surface area (Å²) in [6.45, 7) is 1.45. The fraction of sp³-hybridized carbons (Fsp3) is 0.115. The number of para-hydroxylation sites is 2. The van der Waals surface area contributed by atoms with E-state index in [-0.39, 0.29) is 5.91 Å². The molecule has 2 aliphatic heterocycles. The van der Waals surface area contributed by atoms with E-state index < -0.39 is 6.17 Å². The molecule has 3 heterocycles. The number of H-pyrrole nitrogens is 1. The lowest BCUT2D eigenvalue weighted by Gasteiger charge is -2.23. The molecule has 0 bridgehead atoms. The first-order valence-electron chi connectivity index (χ1n) is 10.7. The third-order valence-electron chi connectivity index (χ3n) is 5.92. The largest absolute Gasteiger partial charge is 0.351 e. The standard InChI is InChI=1S/C26H21N5O/c32-26(21-16-18-10-4-6-12-20(18)28-21)30-24-25-27-14-15-31(25)22-13-7-5-11-19(22)23(29-24)17-8-2-1-3-9-17/h1-13,16,24,28H,14-15H2,(H,30,32)/t24-/m1/s1. The Morgan fingerprint density at radius 3 is 2.62 bits per heavy atom. The summed E-state index contributed by atoms with van der Waals surface area (Å²) in [6.07, 6.45) is -0.584. The Labute approximate surface area is 185 Å². The van der Waals surface area contributed by atoms with E-state index in [9.17, 15) is 4.79 Å². The number of hydrogen-bond acceptors (Lipinski definition) is 4. The van der Waals surface area contributed by atoms with E-state index >= 15 is 0 Å². The highest BCUT2D eigenvalue weighted by molar-refractivity contribution is 6.21. The van der Waals surface area contributed by atoms with Crippen LogP contribution in [-0.4, -0.2) is 41.7 Å². The van der Waals surface area contributed by atoms with Gasteiger partial charge in [0.05, 0.1) is 17.9 Å². The number of anilines is 1. The number of amidine groups is 1. The van der Waals surface area contributed by atoms with Crippen molar-refractivity contribution in [2.45, 2.75) is 6.17 Å². The maximum Gasteiger partial charge on any atom is 0.269 e. The van der Waals surface area contributed by atoms with Gasteiger partial charge in [-0.05, 0) is 18.2 Å². The van der Waals surface area contributed by atoms with Crippen molar-refractivity contribution in [1.29, 1.82) is 0 Å². The van der Waals surface area contributed by atoms with Crippen LogP contribution in [0.1, 0.15) is 21.6 Å². The van der Waals surface area contributed by atoms with Gasteiger partial charge in [0.25, 0.3) is 5.91 Å². The second kappa shape index (κ2) is 7.50. The molecular formula is C26H21N5O. The normalized spacial score (nSPS) is 17.2. The van der Waals surface area contributed by atoms with Gasteiger partial charge in [0.15, 0.2) is 6.17 Å². The number of benzene rings is 3. The molecule has 0 aliphatic carbocycles. The van der Waals surface area contributed by atoms with Gasteiger partial charge < -0.3 is 15.2 Å². The van der Waals surface area contributed by atoms with Gasteiger partial charge in [-0.3, -0.25) is 14.8 Å². The van der Waals surface area contributed by atoms with Gasteiger partial charge in [-0.25, -0.2) is 0 Å². The Morgan fingerprint density at radius 2 is 1.75 bits per heavy atom. The van der Waals surface area contributed by atoms with Crippen molar-refractivity contribution >= 4 is 34.0 Å². The topological polar surface area (TPSA) is 72.8 Å². The Bertz CT molecular complexity index is 1350. The van der Waals surface area contributed by atoms with Gasteiger partial charge in [0.1, 0.15) is 11.5 Å². The summed E-state index contributed by atoms with van der Waals surface area (Å²) in [5.74, 6) is 0.565. The molecule has 4 aromatic rings. The molecule has 3 aromatic carbocycles. The maximum absolute atomic E-state index is 13.2. The molecule has 1 amide bonds. The first kappa shape index (κ1) is 18.6. The fourth-order valence-electron chi connectivity index (χ4n) is 4.43. The van der Waals surface area contributed by atoms with Crippen molar-refractivity contribution in [3.8, 4) is 0 Å². The van der Waals surface area contributed by atoms with Crippen LogP contribution in [-0.2, 0) is 0 Å². The van der Waals surface area contributed by atoms with Crippen LogP contribution < -0.4 is 10.2 Å². The number of nitrogens with zero attached hydrogens (tertiary/aromatic N) is 3. The predicted octanol–water partition coefficient (Wildman–Crippen LogP) is 3.99. The Hall–Kier alpha value is -4.19. The van der Waals surface area contributed by atoms with Crippen LogP contribution >= 0.6 is 0 Å². The van der Waals surface area contributed by atoms with Gasteiger partial charge in [-0.2, -0.15) is 0 Å². The summed E-state index contributed by atoms with van der Waals surface area (Å²) in [5, 5.41) is 4.11. The van der Waals surface area contributed by atoms with Crippen molar-refractivity contribution < 1.29 is 4.79 Å². The Morgan fingerprint density at radius 1 is 0.969 bits per heavy atom. The van der Waals surface area contributed by atoms with E-state index in [4.69, 9.17) is 9.98 Å². The van der Waals surface area contributed by atoms with Crippen LogP contribution in [0.5, 0.6) is 0 Å². The molecule has 6 nitrogen and oxygen atoms in total. The lowest BCUT2D eigenvalue weighted by atomic mass is 10.0. The highest BCUT2D eigenvalue weighted by Gasteiger charge is 2.33. The van der Waals surface area contributed by atoms with Crippen LogP contribution in [0, 0.1) is 0 Å². The number of carbonyl (C=O) groups is 1. The molecule has 156 valence electrons. The minimum atomic E-state index is -0.584. The highest BCUT2D eigenvalue weighted by atomic mass is 16.2. The zero-order valence-electron chi connectivity index (χ0n) is 17.3. The first-order chi connectivity index (χ1) is 15.8. The first-order valence-corrected chi connectivity index (χ1v) is 10.7. The fourth-order valence-corrected chi connectivity index (χ4v) is 4.43. The van der Waals surface area contributed by atoms with Crippen molar-refractivity contribution in [3.05, 3.63) is 102 Å². The molecule has 6 heteroatoms. The number of amides is 1. The molecular weight excluding hydrogens is 398 g/mol. The molecule has 0 saturated heterocycles. The van der Waals surface area contributed by atoms with Crippen molar-refractivity contribution in [3.63, 3.8) is 0 Å². The summed E-state index contributed by atoms with van der Waals surface area (Å²) in [6, 6.07) is 28.0. The second-order valence-electron chi connectivity index (χ2n) is 7.90. The zero-order chi connectivity index (χ0) is 21.5. The van der Waals surface area contributed by atoms with Crippen LogP contribution in [0.15, 0.2) is 94.9 Å².